The molecule has 5 heteroatoms. The summed E-state index contributed by atoms with van der Waals surface area (Å²) in [6.45, 7) is 4.52. The summed E-state index contributed by atoms with van der Waals surface area (Å²) in [5.74, 6) is -1.33. The van der Waals surface area contributed by atoms with Crippen molar-refractivity contribution in [1.29, 1.82) is 0 Å². The van der Waals surface area contributed by atoms with Crippen LogP contribution < -0.4 is 0 Å². The maximum atomic E-state index is 10.3. The number of allylic oxidation sites excluding steroid dienone is 4. The molecule has 0 aliphatic carbocycles. The average Bonchev–Trinajstić information content (AvgIpc) is 2.93. The first kappa shape index (κ1) is 44.4. The topological polar surface area (TPSA) is 74.6 Å². The number of unbranched alkanes of at least 4 members (excludes halogenated alkanes) is 22. The van der Waals surface area contributed by atoms with Crippen molar-refractivity contribution in [2.75, 3.05) is 0 Å². The van der Waals surface area contributed by atoms with E-state index in [0.717, 1.165) is 25.7 Å². The van der Waals surface area contributed by atoms with Gasteiger partial charge in [0.2, 0.25) is 0 Å². The second-order valence-electron chi connectivity index (χ2n) is 11.5. The van der Waals surface area contributed by atoms with Gasteiger partial charge in [0.15, 0.2) is 0 Å². The molecule has 0 rings (SSSR count). The Hall–Kier alpha value is -1.06. The molecule has 4 nitrogen and oxygen atoms in total. The van der Waals surface area contributed by atoms with Gasteiger partial charge in [-0.15, -0.1) is 0 Å². The van der Waals surface area contributed by atoms with Crippen molar-refractivity contribution in [1.82, 2.24) is 0 Å². The fourth-order valence-electron chi connectivity index (χ4n) is 4.69. The molecule has 0 atom stereocenters. The third-order valence-corrected chi connectivity index (χ3v) is 7.30. The molecule has 41 heavy (non-hydrogen) atoms. The zero-order valence-corrected chi connectivity index (χ0v) is 28.1. The predicted molar refractivity (Wildman–Crippen MR) is 174 cm³/mol. The van der Waals surface area contributed by atoms with Gasteiger partial charge < -0.3 is 10.2 Å². The standard InChI is InChI=1S/2C18H34O2.Cu/c2*1-2-3-4-5-6-7-8-9-10-11-12-13-14-15-16-17-18(19)20;/h2*9-10H,2-8,11-17H2,1H3,(H,19,20);. The molecule has 0 bridgehead atoms. The summed E-state index contributed by atoms with van der Waals surface area (Å²) in [4.78, 5) is 20.6. The van der Waals surface area contributed by atoms with E-state index in [2.05, 4.69) is 38.2 Å². The number of carboxylic acid groups (broad SMARTS) is 2. The Morgan fingerprint density at radius 3 is 0.854 bits per heavy atom. The first-order valence-electron chi connectivity index (χ1n) is 17.3. The summed E-state index contributed by atoms with van der Waals surface area (Å²) in [7, 11) is 0. The molecule has 0 aromatic rings. The third kappa shape index (κ3) is 49.0. The maximum absolute atomic E-state index is 10.3. The smallest absolute Gasteiger partial charge is 0.303 e. The molecular formula is C36H68CuO4. The number of hydrogen-bond acceptors (Lipinski definition) is 2. The zero-order chi connectivity index (χ0) is 29.8. The van der Waals surface area contributed by atoms with Crippen molar-refractivity contribution >= 4 is 11.9 Å². The summed E-state index contributed by atoms with van der Waals surface area (Å²) in [5, 5.41) is 17.0. The molecule has 0 saturated heterocycles. The molecule has 0 saturated carbocycles. The van der Waals surface area contributed by atoms with Gasteiger partial charge in [0.25, 0.3) is 0 Å². The van der Waals surface area contributed by atoms with Crippen LogP contribution in [0.5, 0.6) is 0 Å². The minimum Gasteiger partial charge on any atom is -0.481 e. The van der Waals surface area contributed by atoms with Gasteiger partial charge in [-0.1, -0.05) is 141 Å². The van der Waals surface area contributed by atoms with E-state index in [4.69, 9.17) is 10.2 Å². The Kier molecular flexibility index (Phi) is 44.5. The van der Waals surface area contributed by atoms with Gasteiger partial charge in [-0.2, -0.15) is 0 Å². The van der Waals surface area contributed by atoms with Gasteiger partial charge in [-0.05, 0) is 64.2 Å². The van der Waals surface area contributed by atoms with Crippen molar-refractivity contribution in [3.05, 3.63) is 24.3 Å². The predicted octanol–water partition coefficient (Wildman–Crippen LogP) is 12.2. The van der Waals surface area contributed by atoms with Gasteiger partial charge in [0.1, 0.15) is 0 Å². The van der Waals surface area contributed by atoms with E-state index >= 15 is 0 Å². The number of hydrogen-bond donors (Lipinski definition) is 2. The summed E-state index contributed by atoms with van der Waals surface area (Å²) < 4.78 is 0. The van der Waals surface area contributed by atoms with E-state index in [1.165, 1.54) is 141 Å². The first-order valence-corrected chi connectivity index (χ1v) is 17.3. The van der Waals surface area contributed by atoms with Gasteiger partial charge in [-0.25, -0.2) is 0 Å². The van der Waals surface area contributed by atoms with Crippen LogP contribution in [0.4, 0.5) is 0 Å². The third-order valence-electron chi connectivity index (χ3n) is 7.30. The van der Waals surface area contributed by atoms with Crippen LogP contribution in [0, 0.1) is 0 Å². The molecule has 0 fully saturated rings. The molecular weight excluding hydrogens is 560 g/mol. The SMILES string of the molecule is CCCCCCCCC=CCCCCCCCC(=O)O.CCCCCCCCC=CCCCCCCCC(=O)O.[Cu]. The van der Waals surface area contributed by atoms with Crippen molar-refractivity contribution in [3.63, 3.8) is 0 Å². The van der Waals surface area contributed by atoms with E-state index in [1.807, 2.05) is 0 Å². The molecule has 0 aromatic heterocycles. The Bertz CT molecular complexity index is 524. The number of carbonyl (C=O) groups is 2. The Morgan fingerprint density at radius 1 is 0.390 bits per heavy atom. The van der Waals surface area contributed by atoms with Gasteiger partial charge in [-0.3, -0.25) is 9.59 Å². The number of rotatable bonds is 30. The Labute approximate surface area is 266 Å². The largest absolute Gasteiger partial charge is 0.481 e. The summed E-state index contributed by atoms with van der Waals surface area (Å²) in [6.07, 6.45) is 42.5. The van der Waals surface area contributed by atoms with Gasteiger partial charge in [0, 0.05) is 29.9 Å². The van der Waals surface area contributed by atoms with Crippen LogP contribution in [0.1, 0.15) is 194 Å². The molecule has 0 spiro atoms. The van der Waals surface area contributed by atoms with Crippen LogP contribution in [0.2, 0.25) is 0 Å². The second-order valence-corrected chi connectivity index (χ2v) is 11.5. The van der Waals surface area contributed by atoms with Crippen LogP contribution in [0.25, 0.3) is 0 Å². The second kappa shape index (κ2) is 41.1. The monoisotopic (exact) mass is 627 g/mol. The Balaban J connectivity index is -0.000000688. The van der Waals surface area contributed by atoms with Gasteiger partial charge in [0.05, 0.1) is 0 Å². The number of aliphatic carboxylic acids is 2. The maximum Gasteiger partial charge on any atom is 0.303 e. The molecule has 0 unspecified atom stereocenters. The fourth-order valence-corrected chi connectivity index (χ4v) is 4.69. The number of carboxylic acids is 2. The summed E-state index contributed by atoms with van der Waals surface area (Å²) in [5.41, 5.74) is 0. The van der Waals surface area contributed by atoms with Crippen molar-refractivity contribution in [2.24, 2.45) is 0 Å². The summed E-state index contributed by atoms with van der Waals surface area (Å²) >= 11 is 0. The first-order chi connectivity index (χ1) is 19.5. The van der Waals surface area contributed by atoms with E-state index in [-0.39, 0.29) is 17.1 Å². The van der Waals surface area contributed by atoms with Crippen molar-refractivity contribution in [3.8, 4) is 0 Å². The zero-order valence-electron chi connectivity index (χ0n) is 27.1. The van der Waals surface area contributed by atoms with E-state index in [9.17, 15) is 9.59 Å². The molecule has 0 aliphatic heterocycles. The van der Waals surface area contributed by atoms with Gasteiger partial charge >= 0.3 is 11.9 Å². The van der Waals surface area contributed by atoms with E-state index in [0.29, 0.717) is 12.8 Å². The van der Waals surface area contributed by atoms with Crippen LogP contribution in [0.15, 0.2) is 24.3 Å². The quantitative estimate of drug-likeness (QED) is 0.0472. The summed E-state index contributed by atoms with van der Waals surface area (Å²) in [6, 6.07) is 0. The molecule has 0 aromatic carbocycles. The van der Waals surface area contributed by atoms with E-state index in [1.54, 1.807) is 0 Å². The molecule has 2 N–H and O–H groups in total. The average molecular weight is 628 g/mol. The van der Waals surface area contributed by atoms with Crippen LogP contribution in [0.3, 0.4) is 0 Å². The minimum atomic E-state index is -0.664. The van der Waals surface area contributed by atoms with E-state index < -0.39 is 11.9 Å². The molecule has 0 amide bonds. The van der Waals surface area contributed by atoms with Crippen LogP contribution in [-0.2, 0) is 26.7 Å². The van der Waals surface area contributed by atoms with Crippen molar-refractivity contribution in [2.45, 2.75) is 194 Å². The minimum absolute atomic E-state index is 0. The molecule has 0 aliphatic rings. The molecule has 0 heterocycles. The van der Waals surface area contributed by atoms with Crippen LogP contribution >= 0.6 is 0 Å². The normalized spacial score (nSPS) is 11.0. The van der Waals surface area contributed by atoms with Crippen LogP contribution in [-0.4, -0.2) is 22.2 Å². The fraction of sp³-hybridized carbons (Fsp3) is 0.833. The van der Waals surface area contributed by atoms with Crippen molar-refractivity contribution < 1.29 is 36.9 Å². The Morgan fingerprint density at radius 2 is 0.610 bits per heavy atom. The molecule has 247 valence electrons. The molecule has 1 radical (unpaired) electrons.